The third-order valence-corrected chi connectivity index (χ3v) is 4.02. The molecule has 1 aromatic carbocycles. The number of pyridine rings is 1. The van der Waals surface area contributed by atoms with Gasteiger partial charge in [-0.15, -0.1) is 0 Å². The predicted octanol–water partition coefficient (Wildman–Crippen LogP) is 2.86. The van der Waals surface area contributed by atoms with Crippen LogP contribution in [0.3, 0.4) is 0 Å². The molecule has 3 rings (SSSR count). The maximum absolute atomic E-state index is 12.1. The molecular formula is C20H20N4O2. The second-order valence-electron chi connectivity index (χ2n) is 6.00. The summed E-state index contributed by atoms with van der Waals surface area (Å²) in [5.74, 6) is 0.480. The Hall–Kier alpha value is -3.28. The topological polar surface area (TPSA) is 76.9 Å². The maximum Gasteiger partial charge on any atom is 0.220 e. The van der Waals surface area contributed by atoms with Crippen LogP contribution in [0.25, 0.3) is 5.82 Å². The average Bonchev–Trinajstić information content (AvgIpc) is 3.20. The van der Waals surface area contributed by atoms with Gasteiger partial charge in [-0.05, 0) is 19.1 Å². The maximum atomic E-state index is 12.1. The largest absolute Gasteiger partial charge is 0.352 e. The van der Waals surface area contributed by atoms with Crippen LogP contribution in [0.1, 0.15) is 34.3 Å². The van der Waals surface area contributed by atoms with E-state index in [4.69, 9.17) is 0 Å². The monoisotopic (exact) mass is 348 g/mol. The van der Waals surface area contributed by atoms with E-state index in [2.05, 4.69) is 15.4 Å². The molecule has 0 fully saturated rings. The molecule has 132 valence electrons. The van der Waals surface area contributed by atoms with Crippen molar-refractivity contribution in [1.82, 2.24) is 20.1 Å². The number of ketones is 1. The van der Waals surface area contributed by atoms with Crippen molar-refractivity contribution in [1.29, 1.82) is 0 Å². The van der Waals surface area contributed by atoms with Gasteiger partial charge in [0, 0.05) is 49.1 Å². The standard InChI is InChI=1S/C20H20N4O2/c1-15-5-7-16(8-6-15)18(25)9-10-19(26)22-14-17-4-2-11-21-20(17)24-13-3-12-23-24/h2-8,11-13H,9-10,14H2,1H3,(H,22,26). The number of hydrogen-bond donors (Lipinski definition) is 1. The Morgan fingerprint density at radius 1 is 1.04 bits per heavy atom. The fourth-order valence-corrected chi connectivity index (χ4v) is 2.56. The van der Waals surface area contributed by atoms with Crippen molar-refractivity contribution in [3.8, 4) is 5.82 Å². The molecule has 0 spiro atoms. The van der Waals surface area contributed by atoms with Gasteiger partial charge in [-0.1, -0.05) is 35.9 Å². The Morgan fingerprint density at radius 3 is 2.58 bits per heavy atom. The Bertz CT molecular complexity index is 886. The van der Waals surface area contributed by atoms with Crippen LogP contribution in [0.5, 0.6) is 0 Å². The SMILES string of the molecule is Cc1ccc(C(=O)CCC(=O)NCc2cccnc2-n2cccn2)cc1. The number of rotatable bonds is 7. The van der Waals surface area contributed by atoms with Gasteiger partial charge in [0.25, 0.3) is 0 Å². The highest BCUT2D eigenvalue weighted by Gasteiger charge is 2.11. The number of aryl methyl sites for hydroxylation is 1. The fourth-order valence-electron chi connectivity index (χ4n) is 2.56. The zero-order chi connectivity index (χ0) is 18.4. The molecule has 0 aliphatic heterocycles. The van der Waals surface area contributed by atoms with E-state index >= 15 is 0 Å². The van der Waals surface area contributed by atoms with Crippen molar-refractivity contribution in [3.05, 3.63) is 77.7 Å². The normalized spacial score (nSPS) is 10.5. The lowest BCUT2D eigenvalue weighted by Gasteiger charge is -2.09. The molecule has 1 N–H and O–H groups in total. The highest BCUT2D eigenvalue weighted by Crippen LogP contribution is 2.11. The summed E-state index contributed by atoms with van der Waals surface area (Å²) in [6.45, 7) is 2.30. The molecule has 0 saturated heterocycles. The molecule has 26 heavy (non-hydrogen) atoms. The lowest BCUT2D eigenvalue weighted by molar-refractivity contribution is -0.121. The van der Waals surface area contributed by atoms with Gasteiger partial charge < -0.3 is 5.32 Å². The Morgan fingerprint density at radius 2 is 1.85 bits per heavy atom. The van der Waals surface area contributed by atoms with Crippen molar-refractivity contribution in [2.75, 3.05) is 0 Å². The van der Waals surface area contributed by atoms with E-state index in [1.807, 2.05) is 37.3 Å². The average molecular weight is 348 g/mol. The minimum atomic E-state index is -0.166. The van der Waals surface area contributed by atoms with Crippen molar-refractivity contribution >= 4 is 11.7 Å². The van der Waals surface area contributed by atoms with E-state index in [0.717, 1.165) is 11.1 Å². The van der Waals surface area contributed by atoms with Crippen molar-refractivity contribution in [2.45, 2.75) is 26.3 Å². The molecule has 0 aliphatic rings. The Balaban J connectivity index is 1.53. The van der Waals surface area contributed by atoms with E-state index in [1.165, 1.54) is 0 Å². The third-order valence-electron chi connectivity index (χ3n) is 4.02. The molecule has 2 aromatic heterocycles. The lowest BCUT2D eigenvalue weighted by Crippen LogP contribution is -2.24. The first-order valence-corrected chi connectivity index (χ1v) is 8.44. The van der Waals surface area contributed by atoms with E-state index in [1.54, 1.807) is 35.4 Å². The number of nitrogens with one attached hydrogen (secondary N) is 1. The fraction of sp³-hybridized carbons (Fsp3) is 0.200. The molecule has 6 heteroatoms. The zero-order valence-corrected chi connectivity index (χ0v) is 14.6. The van der Waals surface area contributed by atoms with Crippen LogP contribution in [0.15, 0.2) is 61.1 Å². The van der Waals surface area contributed by atoms with Gasteiger partial charge in [-0.2, -0.15) is 5.10 Å². The van der Waals surface area contributed by atoms with E-state index in [0.29, 0.717) is 17.9 Å². The molecule has 1 amide bonds. The van der Waals surface area contributed by atoms with Crippen LogP contribution in [-0.2, 0) is 11.3 Å². The predicted molar refractivity (Wildman–Crippen MR) is 97.9 cm³/mol. The van der Waals surface area contributed by atoms with E-state index in [9.17, 15) is 9.59 Å². The molecule has 0 unspecified atom stereocenters. The first-order chi connectivity index (χ1) is 12.6. The van der Waals surface area contributed by atoms with Gasteiger partial charge in [-0.25, -0.2) is 9.67 Å². The minimum absolute atomic E-state index is 0.0289. The summed E-state index contributed by atoms with van der Waals surface area (Å²) >= 11 is 0. The first kappa shape index (κ1) is 17.5. The lowest BCUT2D eigenvalue weighted by atomic mass is 10.0. The highest BCUT2D eigenvalue weighted by atomic mass is 16.2. The van der Waals surface area contributed by atoms with Crippen molar-refractivity contribution in [3.63, 3.8) is 0 Å². The second kappa shape index (κ2) is 8.20. The van der Waals surface area contributed by atoms with Crippen LogP contribution in [0.4, 0.5) is 0 Å². The molecular weight excluding hydrogens is 328 g/mol. The zero-order valence-electron chi connectivity index (χ0n) is 14.6. The smallest absolute Gasteiger partial charge is 0.220 e. The molecule has 0 bridgehead atoms. The van der Waals surface area contributed by atoms with Crippen LogP contribution in [0, 0.1) is 6.92 Å². The summed E-state index contributed by atoms with van der Waals surface area (Å²) in [5, 5.41) is 7.02. The van der Waals surface area contributed by atoms with Crippen LogP contribution >= 0.6 is 0 Å². The first-order valence-electron chi connectivity index (χ1n) is 8.44. The van der Waals surface area contributed by atoms with Gasteiger partial charge in [0.2, 0.25) is 5.91 Å². The number of Topliss-reactive ketones (excluding diaryl/α,β-unsaturated/α-hetero) is 1. The molecule has 2 heterocycles. The summed E-state index contributed by atoms with van der Waals surface area (Å²) in [6, 6.07) is 12.9. The number of nitrogens with zero attached hydrogens (tertiary/aromatic N) is 3. The highest BCUT2D eigenvalue weighted by molar-refractivity contribution is 5.97. The number of benzene rings is 1. The number of carbonyl (C=O) groups is 2. The summed E-state index contributed by atoms with van der Waals surface area (Å²) in [7, 11) is 0. The van der Waals surface area contributed by atoms with Gasteiger partial charge >= 0.3 is 0 Å². The number of hydrogen-bond acceptors (Lipinski definition) is 4. The summed E-state index contributed by atoms with van der Waals surface area (Å²) in [4.78, 5) is 28.6. The number of carbonyl (C=O) groups excluding carboxylic acids is 2. The van der Waals surface area contributed by atoms with Crippen LogP contribution < -0.4 is 5.32 Å². The van der Waals surface area contributed by atoms with Gasteiger partial charge in [0.15, 0.2) is 11.6 Å². The van der Waals surface area contributed by atoms with E-state index in [-0.39, 0.29) is 24.5 Å². The summed E-state index contributed by atoms with van der Waals surface area (Å²) in [6.07, 6.45) is 5.50. The van der Waals surface area contributed by atoms with Gasteiger partial charge in [0.05, 0.1) is 0 Å². The van der Waals surface area contributed by atoms with Crippen molar-refractivity contribution in [2.24, 2.45) is 0 Å². The Labute approximate surface area is 151 Å². The van der Waals surface area contributed by atoms with Crippen LogP contribution in [0.2, 0.25) is 0 Å². The molecule has 0 radical (unpaired) electrons. The molecule has 0 saturated carbocycles. The number of amides is 1. The second-order valence-corrected chi connectivity index (χ2v) is 6.00. The van der Waals surface area contributed by atoms with Gasteiger partial charge in [-0.3, -0.25) is 9.59 Å². The molecule has 0 aliphatic carbocycles. The van der Waals surface area contributed by atoms with Gasteiger partial charge in [0.1, 0.15) is 0 Å². The summed E-state index contributed by atoms with van der Waals surface area (Å²) in [5.41, 5.74) is 2.59. The summed E-state index contributed by atoms with van der Waals surface area (Å²) < 4.78 is 1.66. The molecule has 3 aromatic rings. The Kier molecular flexibility index (Phi) is 5.53. The minimum Gasteiger partial charge on any atom is -0.352 e. The van der Waals surface area contributed by atoms with Crippen LogP contribution in [-0.4, -0.2) is 26.5 Å². The quantitative estimate of drug-likeness (QED) is 0.666. The third kappa shape index (κ3) is 4.42. The molecule has 6 nitrogen and oxygen atoms in total. The number of aromatic nitrogens is 3. The van der Waals surface area contributed by atoms with E-state index < -0.39 is 0 Å². The van der Waals surface area contributed by atoms with Crippen molar-refractivity contribution < 1.29 is 9.59 Å². The molecule has 0 atom stereocenters.